The number of nitrogens with one attached hydrogen (secondary N) is 2. The number of hydrogen-bond acceptors (Lipinski definition) is 2. The van der Waals surface area contributed by atoms with Gasteiger partial charge in [0.15, 0.2) is 11.6 Å². The van der Waals surface area contributed by atoms with Crippen LogP contribution >= 0.6 is 0 Å². The maximum atomic E-state index is 13.2. The van der Waals surface area contributed by atoms with E-state index in [1.165, 1.54) is 6.07 Å². The first-order valence-electron chi connectivity index (χ1n) is 8.05. The second-order valence-electron chi connectivity index (χ2n) is 5.69. The molecule has 0 aliphatic heterocycles. The van der Waals surface area contributed by atoms with Crippen LogP contribution in [0.3, 0.4) is 0 Å². The minimum atomic E-state index is -0.942. The highest BCUT2D eigenvalue weighted by atomic mass is 19.2. The summed E-state index contributed by atoms with van der Waals surface area (Å²) in [5.41, 5.74) is 1.06. The van der Waals surface area contributed by atoms with Crippen molar-refractivity contribution in [2.45, 2.75) is 25.8 Å². The fourth-order valence-electron chi connectivity index (χ4n) is 2.32. The molecule has 4 nitrogen and oxygen atoms in total. The fraction of sp³-hybridized carbons (Fsp3) is 0.263. The van der Waals surface area contributed by atoms with Gasteiger partial charge in [0.05, 0.1) is 6.04 Å². The van der Waals surface area contributed by atoms with E-state index in [0.29, 0.717) is 24.1 Å². The molecule has 0 heterocycles. The van der Waals surface area contributed by atoms with Crippen molar-refractivity contribution < 1.29 is 18.4 Å². The molecular formula is C19H20F2N2O2. The lowest BCUT2D eigenvalue weighted by molar-refractivity contribution is -0.121. The molecule has 0 saturated heterocycles. The van der Waals surface area contributed by atoms with E-state index in [9.17, 15) is 18.4 Å². The van der Waals surface area contributed by atoms with E-state index >= 15 is 0 Å². The molecule has 1 unspecified atom stereocenters. The van der Waals surface area contributed by atoms with Gasteiger partial charge in [-0.3, -0.25) is 9.59 Å². The number of amides is 2. The molecule has 6 heteroatoms. The van der Waals surface area contributed by atoms with Gasteiger partial charge in [0.1, 0.15) is 0 Å². The molecule has 0 radical (unpaired) electrons. The van der Waals surface area contributed by atoms with E-state index in [-0.39, 0.29) is 18.2 Å². The van der Waals surface area contributed by atoms with E-state index < -0.39 is 17.7 Å². The van der Waals surface area contributed by atoms with E-state index in [4.69, 9.17) is 0 Å². The Morgan fingerprint density at radius 1 is 1.04 bits per heavy atom. The molecule has 0 aromatic heterocycles. The van der Waals surface area contributed by atoms with Crippen LogP contribution in [-0.2, 0) is 4.79 Å². The average Bonchev–Trinajstić information content (AvgIpc) is 2.61. The lowest BCUT2D eigenvalue weighted by Crippen LogP contribution is -2.29. The van der Waals surface area contributed by atoms with Crippen LogP contribution in [0.15, 0.2) is 48.5 Å². The Morgan fingerprint density at radius 3 is 2.44 bits per heavy atom. The zero-order valence-corrected chi connectivity index (χ0v) is 13.9. The van der Waals surface area contributed by atoms with E-state index in [1.54, 1.807) is 31.2 Å². The fourth-order valence-corrected chi connectivity index (χ4v) is 2.32. The zero-order valence-electron chi connectivity index (χ0n) is 13.9. The third-order valence-corrected chi connectivity index (χ3v) is 3.72. The molecule has 0 saturated carbocycles. The third-order valence-electron chi connectivity index (χ3n) is 3.72. The van der Waals surface area contributed by atoms with Crippen molar-refractivity contribution in [2.75, 3.05) is 6.54 Å². The van der Waals surface area contributed by atoms with Gasteiger partial charge >= 0.3 is 0 Å². The molecule has 2 rings (SSSR count). The lowest BCUT2D eigenvalue weighted by atomic mass is 10.1. The quantitative estimate of drug-likeness (QED) is 0.756. The third kappa shape index (κ3) is 5.67. The van der Waals surface area contributed by atoms with Gasteiger partial charge in [-0.2, -0.15) is 0 Å². The molecule has 0 spiro atoms. The summed E-state index contributed by atoms with van der Waals surface area (Å²) in [5, 5.41) is 5.46. The van der Waals surface area contributed by atoms with Gasteiger partial charge in [0.2, 0.25) is 5.91 Å². The van der Waals surface area contributed by atoms with E-state index in [1.807, 2.05) is 6.07 Å². The van der Waals surface area contributed by atoms with Gasteiger partial charge in [-0.1, -0.05) is 24.3 Å². The van der Waals surface area contributed by atoms with Crippen molar-refractivity contribution in [1.29, 1.82) is 0 Å². The van der Waals surface area contributed by atoms with Crippen molar-refractivity contribution in [3.63, 3.8) is 0 Å². The van der Waals surface area contributed by atoms with Gasteiger partial charge in [0.25, 0.3) is 5.91 Å². The van der Waals surface area contributed by atoms with Crippen molar-refractivity contribution in [2.24, 2.45) is 0 Å². The first-order chi connectivity index (χ1) is 12.0. The number of benzene rings is 2. The van der Waals surface area contributed by atoms with Crippen molar-refractivity contribution in [3.05, 3.63) is 71.3 Å². The maximum absolute atomic E-state index is 13.2. The Bertz CT molecular complexity index is 735. The molecule has 2 amide bonds. The highest BCUT2D eigenvalue weighted by molar-refractivity contribution is 5.94. The molecule has 2 N–H and O–H groups in total. The number of carbonyl (C=O) groups excluding carboxylic acids is 2. The van der Waals surface area contributed by atoms with Crippen LogP contribution in [0, 0.1) is 11.6 Å². The summed E-state index contributed by atoms with van der Waals surface area (Å²) in [7, 11) is 0. The summed E-state index contributed by atoms with van der Waals surface area (Å²) < 4.78 is 26.1. The second kappa shape index (κ2) is 8.92. The molecule has 0 aliphatic carbocycles. The average molecular weight is 346 g/mol. The Morgan fingerprint density at radius 2 is 1.76 bits per heavy atom. The molecule has 1 atom stereocenters. The lowest BCUT2D eigenvalue weighted by Gasteiger charge is -2.14. The smallest absolute Gasteiger partial charge is 0.251 e. The van der Waals surface area contributed by atoms with Crippen LogP contribution in [0.4, 0.5) is 8.78 Å². The summed E-state index contributed by atoms with van der Waals surface area (Å²) in [6.45, 7) is 2.07. The summed E-state index contributed by atoms with van der Waals surface area (Å²) >= 11 is 0. The van der Waals surface area contributed by atoms with Gasteiger partial charge in [-0.25, -0.2) is 8.78 Å². The molecule has 2 aromatic carbocycles. The van der Waals surface area contributed by atoms with Crippen LogP contribution in [0.25, 0.3) is 0 Å². The predicted octanol–water partition coefficient (Wildman–Crippen LogP) is 3.35. The minimum absolute atomic E-state index is 0.184. The van der Waals surface area contributed by atoms with E-state index in [0.717, 1.165) is 12.1 Å². The van der Waals surface area contributed by atoms with Gasteiger partial charge in [-0.05, 0) is 43.2 Å². The van der Waals surface area contributed by atoms with Crippen LogP contribution in [0.2, 0.25) is 0 Å². The normalized spacial score (nSPS) is 11.6. The monoisotopic (exact) mass is 346 g/mol. The van der Waals surface area contributed by atoms with Crippen molar-refractivity contribution in [1.82, 2.24) is 10.6 Å². The van der Waals surface area contributed by atoms with Crippen molar-refractivity contribution >= 4 is 11.8 Å². The maximum Gasteiger partial charge on any atom is 0.251 e. The zero-order chi connectivity index (χ0) is 18.2. The first-order valence-corrected chi connectivity index (χ1v) is 8.05. The van der Waals surface area contributed by atoms with Crippen LogP contribution in [0.5, 0.6) is 0 Å². The number of carbonyl (C=O) groups is 2. The minimum Gasteiger partial charge on any atom is -0.352 e. The molecule has 2 aromatic rings. The molecule has 0 fully saturated rings. The summed E-state index contributed by atoms with van der Waals surface area (Å²) in [6.07, 6.45) is 0.706. The van der Waals surface area contributed by atoms with Gasteiger partial charge in [0, 0.05) is 18.5 Å². The first kappa shape index (κ1) is 18.6. The Balaban J connectivity index is 1.71. The van der Waals surface area contributed by atoms with E-state index in [2.05, 4.69) is 10.6 Å². The molecule has 25 heavy (non-hydrogen) atoms. The highest BCUT2D eigenvalue weighted by Gasteiger charge is 2.12. The van der Waals surface area contributed by atoms with Crippen LogP contribution in [-0.4, -0.2) is 18.4 Å². The Hall–Kier alpha value is -2.76. The number of hydrogen-bond donors (Lipinski definition) is 2. The Labute approximate surface area is 145 Å². The molecule has 0 bridgehead atoms. The van der Waals surface area contributed by atoms with Crippen molar-refractivity contribution in [3.8, 4) is 0 Å². The van der Waals surface area contributed by atoms with Crippen LogP contribution < -0.4 is 10.6 Å². The second-order valence-corrected chi connectivity index (χ2v) is 5.69. The largest absolute Gasteiger partial charge is 0.352 e. The Kier molecular flexibility index (Phi) is 6.62. The standard InChI is InChI=1S/C19H20F2N2O2/c1-13(15-9-10-16(20)17(21)12-15)23-18(24)8-5-11-22-19(25)14-6-3-2-4-7-14/h2-4,6-7,9-10,12-13H,5,8,11H2,1H3,(H,22,25)(H,23,24). The molecule has 132 valence electrons. The molecular weight excluding hydrogens is 326 g/mol. The summed E-state index contributed by atoms with van der Waals surface area (Å²) in [4.78, 5) is 23.7. The predicted molar refractivity (Wildman–Crippen MR) is 90.9 cm³/mol. The topological polar surface area (TPSA) is 58.2 Å². The van der Waals surface area contributed by atoms with Gasteiger partial charge < -0.3 is 10.6 Å². The highest BCUT2D eigenvalue weighted by Crippen LogP contribution is 2.16. The SMILES string of the molecule is CC(NC(=O)CCCNC(=O)c1ccccc1)c1ccc(F)c(F)c1. The number of rotatable bonds is 7. The van der Waals surface area contributed by atoms with Gasteiger partial charge in [-0.15, -0.1) is 0 Å². The number of halogens is 2. The summed E-state index contributed by atoms with van der Waals surface area (Å²) in [5.74, 6) is -2.26. The molecule has 0 aliphatic rings. The van der Waals surface area contributed by atoms with Crippen LogP contribution in [0.1, 0.15) is 41.7 Å². The summed E-state index contributed by atoms with van der Waals surface area (Å²) in [6, 6.07) is 11.9.